The number of methoxy groups -OCH3 is 5. The van der Waals surface area contributed by atoms with Gasteiger partial charge in [0.15, 0.2) is 5.92 Å². The number of pyridine rings is 7. The summed E-state index contributed by atoms with van der Waals surface area (Å²) in [5, 5.41) is 76.1. The van der Waals surface area contributed by atoms with Crippen LogP contribution in [0, 0.1) is 30.3 Å². The van der Waals surface area contributed by atoms with Gasteiger partial charge in [-0.25, -0.2) is 4.98 Å². The van der Waals surface area contributed by atoms with Crippen LogP contribution in [-0.2, 0) is 89.4 Å². The Morgan fingerprint density at radius 1 is 0.406 bits per heavy atom. The standard InChI is InChI=1S/C28H34N10O2S2.C10H14N6S2.C10H10N2O6.C10H14N2O2.C8H8N2O4.C8H10N2O2.C5H3ClN2O2/c1-37(2)21-10-8-19(29-15-21)13-23(39)31-27-35-33-25(41-27)17-6-5-7-18(12-17)26-34-36-28(42-26)32-24(40)14-20-9-11-22(16-30-20)38(3)4;11-9-15-13-7(17-9)5-2-1-3-6(4-5)8-14-16-10(12)18-8;1-17-9(13)8(10(14)18-2)7-4-3-6(5-11-7)12(15)16;1-12(2)9-5-4-8(11-7-9)6-10(13)14-3;1-14-8(11)4-6-2-3-7(5-9-6)10(12)13;1-12-8(11)4-7-3-2-6(9)5-10-7;6-5-2-1-4(3-7-5)8(9)10/h8-11,15-18H,5-7,12-14H2,1-4H3,(H,31,35,39)(H,32,36,40);5-6H,1-4H2,(H2,11,15)(H2,12,16);3-5,8H,1-2H3;4-5,7H,6H2,1-3H3;2-3,5H,4H2,1H3;2-3,5H,4,9H2,1H3;1-3H/t17-,18-;5-,6-;;;;;/m00...../s1. The largest absolute Gasteiger partial charge is 0.469 e. The first-order valence-electron chi connectivity index (χ1n) is 38.5. The van der Waals surface area contributed by atoms with Gasteiger partial charge >= 0.3 is 29.8 Å². The Labute approximate surface area is 753 Å². The molecule has 11 heterocycles. The van der Waals surface area contributed by atoms with Crippen LogP contribution < -0.4 is 42.5 Å². The first-order chi connectivity index (χ1) is 61.1. The number of carbonyl (C=O) groups excluding carboxylic acids is 7. The quantitative estimate of drug-likeness (QED) is 0.00886. The van der Waals surface area contributed by atoms with Crippen molar-refractivity contribution in [2.75, 3.05) is 120 Å². The van der Waals surface area contributed by atoms with Crippen LogP contribution in [0.1, 0.15) is 135 Å². The number of halogens is 1. The Kier molecular flexibility index (Phi) is 40.5. The number of hydrogen-bond acceptors (Lipinski definition) is 43. The summed E-state index contributed by atoms with van der Waals surface area (Å²) in [5.41, 5.74) is 23.1. The van der Waals surface area contributed by atoms with Crippen LogP contribution in [0.5, 0.6) is 0 Å². The van der Waals surface area contributed by atoms with Gasteiger partial charge in [-0.15, -0.1) is 40.8 Å². The lowest BCUT2D eigenvalue weighted by Crippen LogP contribution is -2.25. The van der Waals surface area contributed by atoms with Gasteiger partial charge in [0.2, 0.25) is 32.3 Å². The topological polar surface area (TPSA) is 600 Å². The molecule has 2 aliphatic carbocycles. The normalized spacial score (nSPS) is 13.9. The molecular formula is C79H93ClN26O18S4. The van der Waals surface area contributed by atoms with Crippen LogP contribution in [0.2, 0.25) is 5.15 Å². The molecule has 2 aliphatic rings. The second-order valence-electron chi connectivity index (χ2n) is 28.0. The number of nitrogens with two attached hydrogens (primary N) is 3. The highest BCUT2D eigenvalue weighted by Crippen LogP contribution is 2.45. The van der Waals surface area contributed by atoms with E-state index in [1.807, 2.05) is 93.4 Å². The molecule has 49 heteroatoms. The molecule has 2 amide bonds. The number of esters is 5. The van der Waals surface area contributed by atoms with E-state index in [1.54, 1.807) is 30.7 Å². The molecule has 678 valence electrons. The molecule has 128 heavy (non-hydrogen) atoms. The fourth-order valence-electron chi connectivity index (χ4n) is 11.6. The number of nitrogen functional groups attached to an aromatic ring is 3. The van der Waals surface area contributed by atoms with Crippen LogP contribution in [0.4, 0.5) is 60.3 Å². The third kappa shape index (κ3) is 33.7. The highest BCUT2D eigenvalue weighted by atomic mass is 35.5. The third-order valence-corrected chi connectivity index (χ3v) is 22.3. The average Bonchev–Trinajstić information content (AvgIpc) is 1.70. The molecule has 8 N–H and O–H groups in total. The smallest absolute Gasteiger partial charge is 0.326 e. The Morgan fingerprint density at radius 2 is 0.727 bits per heavy atom. The predicted molar refractivity (Wildman–Crippen MR) is 477 cm³/mol. The highest BCUT2D eigenvalue weighted by molar-refractivity contribution is 7.16. The molecule has 2 saturated carbocycles. The monoisotopic (exact) mass is 1860 g/mol. The average molecular weight is 1860 g/mol. The van der Waals surface area contributed by atoms with Crippen molar-refractivity contribution in [1.82, 2.24) is 75.7 Å². The van der Waals surface area contributed by atoms with Gasteiger partial charge < -0.3 is 66.2 Å². The first-order valence-corrected chi connectivity index (χ1v) is 42.1. The number of nitrogens with one attached hydrogen (secondary N) is 2. The van der Waals surface area contributed by atoms with Crippen molar-refractivity contribution >= 4 is 159 Å². The second-order valence-corrected chi connectivity index (χ2v) is 32.5. The van der Waals surface area contributed by atoms with Crippen molar-refractivity contribution in [2.24, 2.45) is 0 Å². The van der Waals surface area contributed by atoms with Crippen molar-refractivity contribution in [1.29, 1.82) is 0 Å². The summed E-state index contributed by atoms with van der Waals surface area (Å²) in [6.45, 7) is 0. The predicted octanol–water partition coefficient (Wildman–Crippen LogP) is 10.1. The van der Waals surface area contributed by atoms with Crippen molar-refractivity contribution in [3.05, 3.63) is 218 Å². The summed E-state index contributed by atoms with van der Waals surface area (Å²) >= 11 is 11.2. The minimum atomic E-state index is -1.35. The zero-order valence-electron chi connectivity index (χ0n) is 71.2. The maximum absolute atomic E-state index is 12.6. The van der Waals surface area contributed by atoms with Gasteiger partial charge in [0.25, 0.3) is 17.1 Å². The van der Waals surface area contributed by atoms with Gasteiger partial charge in [0, 0.05) is 95.5 Å². The number of nitro groups is 3. The van der Waals surface area contributed by atoms with E-state index in [1.165, 1.54) is 110 Å². The van der Waals surface area contributed by atoms with E-state index < -0.39 is 38.6 Å². The number of aromatic nitrogens is 15. The maximum Gasteiger partial charge on any atom is 0.326 e. The molecule has 0 spiro atoms. The SMILES string of the molecule is CN(C)c1ccc(CC(=O)Nc2nnc([C@H]3CCC[C@H](c4nnc(NC(=O)Cc5ccc(N(C)C)cn5)s4)C3)s2)nc1.COC(=O)C(C(=O)OC)c1ccc([N+](=O)[O-])cn1.COC(=O)Cc1ccc(N(C)C)cn1.COC(=O)Cc1ccc(N)cn1.COC(=O)Cc1ccc([N+](=O)[O-])cn1.Nc1nnc([C@H]2CCC[C@H](c3nnc(N)s3)C2)s1.O=[N+]([O-])c1ccc(Cl)nc1. The van der Waals surface area contributed by atoms with Crippen LogP contribution in [-0.4, -0.2) is 210 Å². The van der Waals surface area contributed by atoms with Crippen molar-refractivity contribution < 1.29 is 72.0 Å². The van der Waals surface area contributed by atoms with Gasteiger partial charge in [0.05, 0.1) is 153 Å². The first kappa shape index (κ1) is 101. The molecule has 11 aromatic rings. The molecule has 0 aromatic carbocycles. The lowest BCUT2D eigenvalue weighted by molar-refractivity contribution is -0.385. The van der Waals surface area contributed by atoms with Crippen LogP contribution in [0.25, 0.3) is 0 Å². The molecule has 4 atom stereocenters. The van der Waals surface area contributed by atoms with Crippen LogP contribution >= 0.6 is 56.9 Å². The van der Waals surface area contributed by atoms with Crippen LogP contribution in [0.15, 0.2) is 128 Å². The van der Waals surface area contributed by atoms with E-state index in [0.29, 0.717) is 60.8 Å². The number of hydrogen-bond donors (Lipinski definition) is 5. The Bertz CT molecular complexity index is 5260. The fourth-order valence-corrected chi connectivity index (χ4v) is 15.0. The summed E-state index contributed by atoms with van der Waals surface area (Å²) in [5.74, 6) is -3.02. The third-order valence-electron chi connectivity index (χ3n) is 18.3. The molecule has 44 nitrogen and oxygen atoms in total. The van der Waals surface area contributed by atoms with Gasteiger partial charge in [-0.05, 0) is 105 Å². The van der Waals surface area contributed by atoms with Crippen molar-refractivity contribution in [3.8, 4) is 0 Å². The fraction of sp³-hybridized carbons (Fsp3) is 0.367. The van der Waals surface area contributed by atoms with Gasteiger partial charge in [-0.2, -0.15) is 0 Å². The zero-order chi connectivity index (χ0) is 93.5. The number of nitrogens with zero attached hydrogens (tertiary/aromatic N) is 21. The van der Waals surface area contributed by atoms with Crippen molar-refractivity contribution in [2.45, 2.75) is 113 Å². The van der Waals surface area contributed by atoms with Crippen LogP contribution in [0.3, 0.4) is 0 Å². The summed E-state index contributed by atoms with van der Waals surface area (Å²) in [6, 6.07) is 22.5. The molecule has 2 fully saturated rings. The number of anilines is 8. The number of rotatable bonds is 25. The summed E-state index contributed by atoms with van der Waals surface area (Å²) < 4.78 is 22.3. The maximum atomic E-state index is 12.6. The van der Waals surface area contributed by atoms with E-state index in [4.69, 9.17) is 28.8 Å². The zero-order valence-corrected chi connectivity index (χ0v) is 75.2. The molecule has 0 unspecified atom stereocenters. The molecule has 11 aromatic heterocycles. The Hall–Kier alpha value is -14.1. The minimum Gasteiger partial charge on any atom is -0.469 e. The van der Waals surface area contributed by atoms with E-state index in [-0.39, 0.29) is 95.6 Å². The molecule has 0 bridgehead atoms. The number of ether oxygens (including phenoxy) is 5. The number of amides is 2. The van der Waals surface area contributed by atoms with Gasteiger partial charge in [0.1, 0.15) is 43.8 Å². The summed E-state index contributed by atoms with van der Waals surface area (Å²) in [6.07, 6.45) is 19.1. The van der Waals surface area contributed by atoms with Gasteiger partial charge in [-0.1, -0.05) is 69.8 Å². The van der Waals surface area contributed by atoms with E-state index in [9.17, 15) is 63.9 Å². The van der Waals surface area contributed by atoms with E-state index in [0.717, 1.165) is 127 Å². The molecule has 0 aliphatic heterocycles. The lowest BCUT2D eigenvalue weighted by Gasteiger charge is -2.25. The summed E-state index contributed by atoms with van der Waals surface area (Å²) in [7, 11) is 17.9. The van der Waals surface area contributed by atoms with E-state index >= 15 is 0 Å². The Balaban J connectivity index is 0.000000220. The molecular weight excluding hydrogens is 1760 g/mol. The summed E-state index contributed by atoms with van der Waals surface area (Å²) in [4.78, 5) is 143. The second kappa shape index (κ2) is 51.3. The van der Waals surface area contributed by atoms with Gasteiger partial charge in [-0.3, -0.25) is 93.8 Å². The minimum absolute atomic E-state index is 0.0223. The molecule has 13 rings (SSSR count). The molecule has 0 radical (unpaired) electrons. The van der Waals surface area contributed by atoms with E-state index in [2.05, 4.69) is 110 Å². The Morgan fingerprint density at radius 3 is 1.01 bits per heavy atom. The number of carbonyl (C=O) groups is 7. The molecule has 0 saturated heterocycles. The van der Waals surface area contributed by atoms with Crippen molar-refractivity contribution in [3.63, 3.8) is 0 Å². The lowest BCUT2D eigenvalue weighted by atomic mass is 9.82. The highest BCUT2D eigenvalue weighted by Gasteiger charge is 2.34.